The van der Waals surface area contributed by atoms with Crippen LogP contribution in [-0.2, 0) is 16.0 Å². The van der Waals surface area contributed by atoms with Gasteiger partial charge in [-0.05, 0) is 47.8 Å². The SMILES string of the molecule is C.[2H]C([2H])(C(=O)N[C@@H]1C(=O)NC[C@H]1O)C([2H])([2H])c1c(-c2ccc(F)cc2)[nH]c2c(F)cc(F)cc12. The quantitative estimate of drug-likeness (QED) is 0.495. The molecular weight excluding hydrogens is 411 g/mol. The van der Waals surface area contributed by atoms with Crippen molar-refractivity contribution >= 4 is 22.7 Å². The van der Waals surface area contributed by atoms with Gasteiger partial charge in [0.05, 0.1) is 5.52 Å². The Bertz CT molecular complexity index is 1300. The molecule has 1 aliphatic heterocycles. The zero-order chi connectivity index (χ0) is 25.0. The summed E-state index contributed by atoms with van der Waals surface area (Å²) in [5.41, 5.74) is -0.997. The van der Waals surface area contributed by atoms with Crippen LogP contribution in [0.15, 0.2) is 36.4 Å². The molecule has 4 rings (SSSR count). The van der Waals surface area contributed by atoms with Gasteiger partial charge in [0.2, 0.25) is 11.8 Å². The standard InChI is InChI=1S/C21H18F3N3O3.CH4/c22-11-3-1-10(2-4-11)18-13(14-7-12(23)8-15(24)19(14)27-18)5-6-17(29)26-20-16(28)9-25-21(20)30;/h1-4,7-8,16,20,27-28H,5-6,9H2,(H,25,30)(H,26,29);1H4/t16-,20+;/m1./s1/i5D2,6D2;. The molecule has 1 saturated heterocycles. The van der Waals surface area contributed by atoms with Gasteiger partial charge in [-0.1, -0.05) is 7.43 Å². The molecule has 0 spiro atoms. The van der Waals surface area contributed by atoms with Crippen molar-refractivity contribution in [1.82, 2.24) is 15.6 Å². The fourth-order valence-electron chi connectivity index (χ4n) is 3.25. The number of aliphatic hydroxyl groups excluding tert-OH is 1. The molecule has 2 amide bonds. The summed E-state index contributed by atoms with van der Waals surface area (Å²) >= 11 is 0. The van der Waals surface area contributed by atoms with Gasteiger partial charge in [-0.2, -0.15) is 0 Å². The van der Waals surface area contributed by atoms with E-state index in [0.29, 0.717) is 6.07 Å². The van der Waals surface area contributed by atoms with Gasteiger partial charge in [-0.25, -0.2) is 13.2 Å². The van der Waals surface area contributed by atoms with Crippen molar-refractivity contribution in [2.75, 3.05) is 6.54 Å². The summed E-state index contributed by atoms with van der Waals surface area (Å²) in [5, 5.41) is 13.8. The number of carbonyl (C=O) groups excluding carboxylic acids is 2. The molecule has 0 aliphatic carbocycles. The smallest absolute Gasteiger partial charge is 0.245 e. The second kappa shape index (κ2) is 8.81. The molecule has 1 fully saturated rings. The van der Waals surface area contributed by atoms with Gasteiger partial charge in [0.25, 0.3) is 0 Å². The van der Waals surface area contributed by atoms with Gasteiger partial charge in [0.1, 0.15) is 29.6 Å². The molecule has 0 saturated carbocycles. The zero-order valence-corrected chi connectivity index (χ0v) is 15.2. The van der Waals surface area contributed by atoms with Gasteiger partial charge >= 0.3 is 0 Å². The summed E-state index contributed by atoms with van der Waals surface area (Å²) in [6, 6.07) is 4.36. The van der Waals surface area contributed by atoms with E-state index in [9.17, 15) is 27.9 Å². The summed E-state index contributed by atoms with van der Waals surface area (Å²) in [6.45, 7) is -0.185. The number of aliphatic hydroxyl groups is 1. The summed E-state index contributed by atoms with van der Waals surface area (Å²) in [4.78, 5) is 27.2. The Morgan fingerprint density at radius 3 is 2.55 bits per heavy atom. The molecule has 31 heavy (non-hydrogen) atoms. The van der Waals surface area contributed by atoms with E-state index < -0.39 is 59.7 Å². The minimum atomic E-state index is -3.39. The van der Waals surface area contributed by atoms with E-state index in [1.165, 1.54) is 12.1 Å². The minimum Gasteiger partial charge on any atom is -0.389 e. The van der Waals surface area contributed by atoms with Gasteiger partial charge in [-0.15, -0.1) is 0 Å². The van der Waals surface area contributed by atoms with Gasteiger partial charge in [-0.3, -0.25) is 9.59 Å². The first kappa shape index (κ1) is 17.4. The van der Waals surface area contributed by atoms with Crippen molar-refractivity contribution in [3.05, 3.63) is 59.4 Å². The lowest BCUT2D eigenvalue weighted by Gasteiger charge is -2.13. The molecule has 0 bridgehead atoms. The molecule has 6 nitrogen and oxygen atoms in total. The molecule has 0 unspecified atom stereocenters. The molecule has 1 aliphatic rings. The van der Waals surface area contributed by atoms with Crippen LogP contribution in [0.1, 0.15) is 24.8 Å². The Morgan fingerprint density at radius 2 is 1.90 bits per heavy atom. The van der Waals surface area contributed by atoms with Crippen molar-refractivity contribution in [3.8, 4) is 11.3 Å². The molecule has 2 aromatic carbocycles. The highest BCUT2D eigenvalue weighted by atomic mass is 19.1. The lowest BCUT2D eigenvalue weighted by Crippen LogP contribution is -2.45. The van der Waals surface area contributed by atoms with Crippen LogP contribution in [0, 0.1) is 17.5 Å². The number of benzene rings is 2. The summed E-state index contributed by atoms with van der Waals surface area (Å²) in [6.07, 6.45) is -7.97. The van der Waals surface area contributed by atoms with E-state index in [-0.39, 0.29) is 36.1 Å². The van der Waals surface area contributed by atoms with Crippen molar-refractivity contribution in [3.63, 3.8) is 0 Å². The summed E-state index contributed by atoms with van der Waals surface area (Å²) in [7, 11) is 0. The molecule has 1 aromatic heterocycles. The van der Waals surface area contributed by atoms with Gasteiger partial charge < -0.3 is 20.7 Å². The lowest BCUT2D eigenvalue weighted by atomic mass is 10.0. The third-order valence-electron chi connectivity index (χ3n) is 4.70. The first-order chi connectivity index (χ1) is 15.8. The number of halogens is 3. The van der Waals surface area contributed by atoms with Crippen LogP contribution in [0.4, 0.5) is 13.2 Å². The highest BCUT2D eigenvalue weighted by Gasteiger charge is 2.34. The third-order valence-corrected chi connectivity index (χ3v) is 4.70. The lowest BCUT2D eigenvalue weighted by molar-refractivity contribution is -0.128. The molecule has 3 aromatic rings. The Labute approximate surface area is 182 Å². The number of hydrogen-bond acceptors (Lipinski definition) is 3. The Kier molecular flexibility index (Phi) is 4.93. The average Bonchev–Trinajstić information content (AvgIpc) is 3.30. The number of rotatable bonds is 5. The van der Waals surface area contributed by atoms with Gasteiger partial charge in [0.15, 0.2) is 0 Å². The highest BCUT2D eigenvalue weighted by Crippen LogP contribution is 2.33. The molecule has 2 heterocycles. The topological polar surface area (TPSA) is 94.2 Å². The number of carbonyl (C=O) groups is 2. The number of aromatic nitrogens is 1. The van der Waals surface area contributed by atoms with Crippen molar-refractivity contribution in [2.45, 2.75) is 32.3 Å². The Hall–Kier alpha value is -3.33. The third kappa shape index (κ3) is 4.41. The monoisotopic (exact) mass is 437 g/mol. The zero-order valence-electron chi connectivity index (χ0n) is 19.2. The van der Waals surface area contributed by atoms with Crippen molar-refractivity contribution in [1.29, 1.82) is 0 Å². The summed E-state index contributed by atoms with van der Waals surface area (Å²) in [5.74, 6) is -5.11. The first-order valence-electron chi connectivity index (χ1n) is 10.9. The number of fused-ring (bicyclic) bond motifs is 1. The van der Waals surface area contributed by atoms with Crippen molar-refractivity contribution in [2.24, 2.45) is 0 Å². The summed E-state index contributed by atoms with van der Waals surface area (Å²) < 4.78 is 75.8. The molecular formula is C22H22F3N3O3. The highest BCUT2D eigenvalue weighted by molar-refractivity contribution is 5.93. The Balaban J connectivity index is 0.00000342. The number of hydrogen-bond donors (Lipinski definition) is 4. The molecule has 4 N–H and O–H groups in total. The minimum absolute atomic E-state index is 0. The second-order valence-electron chi connectivity index (χ2n) is 6.71. The predicted octanol–water partition coefficient (Wildman–Crippen LogP) is 2.80. The number of aryl methyl sites for hydroxylation is 1. The van der Waals surface area contributed by atoms with Crippen LogP contribution in [0.2, 0.25) is 0 Å². The fraction of sp³-hybridized carbons (Fsp3) is 0.273. The molecule has 164 valence electrons. The second-order valence-corrected chi connectivity index (χ2v) is 6.71. The van der Waals surface area contributed by atoms with Crippen LogP contribution in [0.5, 0.6) is 0 Å². The van der Waals surface area contributed by atoms with E-state index in [2.05, 4.69) is 10.3 Å². The maximum atomic E-state index is 14.5. The number of aromatic amines is 1. The van der Waals surface area contributed by atoms with Crippen molar-refractivity contribution < 1.29 is 33.3 Å². The number of β-amino-alcohol motifs (C(OH)–C–C–N with tert-alkyl or cyclic N) is 1. The number of H-pyrrole nitrogens is 1. The Morgan fingerprint density at radius 1 is 1.19 bits per heavy atom. The van der Waals surface area contributed by atoms with Crippen LogP contribution in [0.25, 0.3) is 22.2 Å². The predicted molar refractivity (Wildman–Crippen MR) is 110 cm³/mol. The maximum absolute atomic E-state index is 14.5. The first-order valence-corrected chi connectivity index (χ1v) is 8.88. The van der Waals surface area contributed by atoms with Crippen LogP contribution < -0.4 is 10.6 Å². The largest absolute Gasteiger partial charge is 0.389 e. The van der Waals surface area contributed by atoms with Crippen LogP contribution >= 0.6 is 0 Å². The molecule has 9 heteroatoms. The van der Waals surface area contributed by atoms with Gasteiger partial charge in [0, 0.05) is 35.5 Å². The normalized spacial score (nSPS) is 20.8. The van der Waals surface area contributed by atoms with Crippen LogP contribution in [-0.4, -0.2) is 40.6 Å². The van der Waals surface area contributed by atoms with E-state index >= 15 is 0 Å². The number of nitrogens with one attached hydrogen (secondary N) is 3. The average molecular weight is 437 g/mol. The van der Waals surface area contributed by atoms with Crippen LogP contribution in [0.3, 0.4) is 0 Å². The maximum Gasteiger partial charge on any atom is 0.245 e. The van der Waals surface area contributed by atoms with E-state index in [0.717, 1.165) is 18.2 Å². The van der Waals surface area contributed by atoms with E-state index in [1.807, 2.05) is 5.32 Å². The molecule has 2 atom stereocenters. The number of amides is 2. The van der Waals surface area contributed by atoms with E-state index in [1.54, 1.807) is 0 Å². The van der Waals surface area contributed by atoms with E-state index in [4.69, 9.17) is 5.48 Å². The molecule has 0 radical (unpaired) electrons. The fourth-order valence-corrected chi connectivity index (χ4v) is 3.25.